The summed E-state index contributed by atoms with van der Waals surface area (Å²) in [6.45, 7) is 4.81. The normalized spacial score (nSPS) is 13.7. The minimum atomic E-state index is -4.75. The molecule has 23 heavy (non-hydrogen) atoms. The summed E-state index contributed by atoms with van der Waals surface area (Å²) in [5, 5.41) is 0. The summed E-state index contributed by atoms with van der Waals surface area (Å²) < 4.78 is 76.9. The molecule has 0 N–H and O–H groups in total. The van der Waals surface area contributed by atoms with Crippen LogP contribution in [0.15, 0.2) is 54.1 Å². The fraction of sp³-hybridized carbons (Fsp3) is 0.176. The minimum absolute atomic E-state index is 0.00890. The molecule has 0 saturated carbocycles. The molecule has 0 fully saturated rings. The van der Waals surface area contributed by atoms with Gasteiger partial charge in [0.15, 0.2) is 0 Å². The van der Waals surface area contributed by atoms with Gasteiger partial charge in [-0.1, -0.05) is 30.7 Å². The predicted octanol–water partition coefficient (Wildman–Crippen LogP) is 5.79. The average Bonchev–Trinajstić information content (AvgIpc) is 2.46. The van der Waals surface area contributed by atoms with Crippen LogP contribution in [0.5, 0.6) is 0 Å². The molecular weight excluding hydrogens is 318 g/mol. The molecule has 0 saturated heterocycles. The van der Waals surface area contributed by atoms with Gasteiger partial charge in [0, 0.05) is 5.57 Å². The third-order valence-electron chi connectivity index (χ3n) is 2.97. The molecule has 0 radical (unpaired) electrons. The van der Waals surface area contributed by atoms with Crippen LogP contribution < -0.4 is 0 Å². The number of hydrogen-bond acceptors (Lipinski definition) is 0. The zero-order valence-corrected chi connectivity index (χ0v) is 12.0. The maximum Gasteiger partial charge on any atom is 0.417 e. The van der Waals surface area contributed by atoms with E-state index in [-0.39, 0.29) is 11.1 Å². The fourth-order valence-corrected chi connectivity index (χ4v) is 1.72. The topological polar surface area (TPSA) is 0 Å². The highest BCUT2D eigenvalue weighted by Gasteiger charge is 2.36. The number of terminal acetylenes is 1. The van der Waals surface area contributed by atoms with Crippen LogP contribution in [0.2, 0.25) is 0 Å². The van der Waals surface area contributed by atoms with Crippen LogP contribution in [-0.2, 0) is 6.18 Å². The number of halogens is 6. The van der Waals surface area contributed by atoms with E-state index in [2.05, 4.69) is 12.5 Å². The third kappa shape index (κ3) is 4.78. The molecule has 0 amide bonds. The molecule has 0 unspecified atom stereocenters. The maximum atomic E-state index is 13.2. The van der Waals surface area contributed by atoms with Crippen LogP contribution in [0, 0.1) is 12.3 Å². The van der Waals surface area contributed by atoms with E-state index in [0.29, 0.717) is 12.1 Å². The van der Waals surface area contributed by atoms with Crippen molar-refractivity contribution in [1.82, 2.24) is 0 Å². The van der Waals surface area contributed by atoms with E-state index < -0.39 is 29.1 Å². The van der Waals surface area contributed by atoms with Crippen molar-refractivity contribution >= 4 is 5.57 Å². The van der Waals surface area contributed by atoms with Crippen molar-refractivity contribution in [3.63, 3.8) is 0 Å². The second kappa shape index (κ2) is 6.78. The first-order valence-electron chi connectivity index (χ1n) is 6.29. The molecule has 0 aromatic heterocycles. The van der Waals surface area contributed by atoms with Gasteiger partial charge in [-0.05, 0) is 36.3 Å². The molecule has 1 aromatic carbocycles. The second-order valence-electron chi connectivity index (χ2n) is 4.50. The second-order valence-corrected chi connectivity index (χ2v) is 4.50. The van der Waals surface area contributed by atoms with Gasteiger partial charge in [0.05, 0.1) is 11.1 Å². The zero-order valence-electron chi connectivity index (χ0n) is 12.0. The van der Waals surface area contributed by atoms with E-state index in [1.54, 1.807) is 0 Å². The molecule has 0 spiro atoms. The van der Waals surface area contributed by atoms with Crippen LogP contribution in [-0.4, -0.2) is 6.18 Å². The lowest BCUT2D eigenvalue weighted by molar-refractivity contribution is -0.137. The van der Waals surface area contributed by atoms with E-state index in [9.17, 15) is 26.3 Å². The Balaban J connectivity index is 3.30. The van der Waals surface area contributed by atoms with Crippen molar-refractivity contribution in [1.29, 1.82) is 0 Å². The van der Waals surface area contributed by atoms with E-state index in [0.717, 1.165) is 18.2 Å². The predicted molar refractivity (Wildman–Crippen MR) is 77.2 cm³/mol. The number of benzene rings is 1. The highest BCUT2D eigenvalue weighted by molar-refractivity contribution is 5.79. The van der Waals surface area contributed by atoms with Crippen LogP contribution in [0.25, 0.3) is 5.57 Å². The Kier molecular flexibility index (Phi) is 5.49. The average molecular weight is 330 g/mol. The maximum absolute atomic E-state index is 13.2. The minimum Gasteiger partial charge on any atom is -0.166 e. The van der Waals surface area contributed by atoms with Gasteiger partial charge in [-0.25, -0.2) is 0 Å². The smallest absolute Gasteiger partial charge is 0.166 e. The first-order chi connectivity index (χ1) is 10.5. The van der Waals surface area contributed by atoms with Crippen molar-refractivity contribution in [2.24, 2.45) is 0 Å². The molecule has 6 heteroatoms. The molecular formula is C17H12F6. The summed E-state index contributed by atoms with van der Waals surface area (Å²) in [6, 6.07) is 3.28. The van der Waals surface area contributed by atoms with Gasteiger partial charge in [-0.2, -0.15) is 26.3 Å². The number of allylic oxidation sites excluding steroid dienone is 5. The Morgan fingerprint density at radius 1 is 1.09 bits per heavy atom. The van der Waals surface area contributed by atoms with Crippen molar-refractivity contribution < 1.29 is 26.3 Å². The van der Waals surface area contributed by atoms with Crippen LogP contribution in [0.3, 0.4) is 0 Å². The van der Waals surface area contributed by atoms with Crippen molar-refractivity contribution in [2.75, 3.05) is 0 Å². The third-order valence-corrected chi connectivity index (χ3v) is 2.97. The molecule has 0 aliphatic rings. The highest BCUT2D eigenvalue weighted by atomic mass is 19.4. The summed E-state index contributed by atoms with van der Waals surface area (Å²) in [5.41, 5.74) is -2.60. The summed E-state index contributed by atoms with van der Waals surface area (Å²) in [4.78, 5) is 0. The van der Waals surface area contributed by atoms with E-state index in [1.807, 2.05) is 0 Å². The number of alkyl halides is 6. The molecule has 1 aromatic rings. The lowest BCUT2D eigenvalue weighted by atomic mass is 9.96. The van der Waals surface area contributed by atoms with Gasteiger partial charge in [-0.3, -0.25) is 0 Å². The number of rotatable bonds is 3. The molecule has 122 valence electrons. The Morgan fingerprint density at radius 3 is 1.96 bits per heavy atom. The summed E-state index contributed by atoms with van der Waals surface area (Å²) in [5.74, 6) is 2.08. The molecule has 0 nitrogen and oxygen atoms in total. The van der Waals surface area contributed by atoms with Gasteiger partial charge in [-0.15, -0.1) is 6.42 Å². The first-order valence-corrected chi connectivity index (χ1v) is 6.29. The van der Waals surface area contributed by atoms with E-state index in [1.165, 1.54) is 13.0 Å². The zero-order chi connectivity index (χ0) is 17.8. The Morgan fingerprint density at radius 2 is 1.61 bits per heavy atom. The highest BCUT2D eigenvalue weighted by Crippen LogP contribution is 2.37. The van der Waals surface area contributed by atoms with E-state index >= 15 is 0 Å². The monoisotopic (exact) mass is 330 g/mol. The SMILES string of the molecule is C#CC(=C/C)/C=C(\C(=C)c1ccc(C(F)(F)F)cc1)C(F)(F)F. The van der Waals surface area contributed by atoms with Crippen molar-refractivity contribution in [3.05, 3.63) is 65.3 Å². The van der Waals surface area contributed by atoms with Gasteiger partial charge in [0.25, 0.3) is 0 Å². The van der Waals surface area contributed by atoms with Crippen molar-refractivity contribution in [2.45, 2.75) is 19.3 Å². The van der Waals surface area contributed by atoms with Crippen LogP contribution >= 0.6 is 0 Å². The van der Waals surface area contributed by atoms with Gasteiger partial charge >= 0.3 is 12.4 Å². The van der Waals surface area contributed by atoms with Crippen LogP contribution in [0.1, 0.15) is 18.1 Å². The number of hydrogen-bond donors (Lipinski definition) is 0. The molecule has 0 aliphatic carbocycles. The molecule has 1 rings (SSSR count). The summed E-state index contributed by atoms with van der Waals surface area (Å²) in [7, 11) is 0. The molecule has 0 heterocycles. The Hall–Kier alpha value is -2.42. The van der Waals surface area contributed by atoms with Crippen LogP contribution in [0.4, 0.5) is 26.3 Å². The first kappa shape index (κ1) is 18.6. The summed E-state index contributed by atoms with van der Waals surface area (Å²) >= 11 is 0. The summed E-state index contributed by atoms with van der Waals surface area (Å²) in [6.07, 6.45) is -2.17. The van der Waals surface area contributed by atoms with E-state index in [4.69, 9.17) is 6.42 Å². The lowest BCUT2D eigenvalue weighted by Crippen LogP contribution is -2.13. The molecule has 0 aliphatic heterocycles. The molecule has 0 atom stereocenters. The largest absolute Gasteiger partial charge is 0.417 e. The van der Waals surface area contributed by atoms with Crippen molar-refractivity contribution in [3.8, 4) is 12.3 Å². The Labute approximate surface area is 129 Å². The standard InChI is InChI=1S/C17H12F6/c1-4-12(5-2)10-15(17(21,22)23)11(3)13-6-8-14(9-7-13)16(18,19)20/h1,5-10H,3H2,2H3/b12-5-,15-10+. The quantitative estimate of drug-likeness (QED) is 0.374. The van der Waals surface area contributed by atoms with Gasteiger partial charge in [0.1, 0.15) is 0 Å². The van der Waals surface area contributed by atoms with Gasteiger partial charge in [0.2, 0.25) is 0 Å². The fourth-order valence-electron chi connectivity index (χ4n) is 1.72. The van der Waals surface area contributed by atoms with Gasteiger partial charge < -0.3 is 0 Å². The Bertz CT molecular complexity index is 676. The lowest BCUT2D eigenvalue weighted by Gasteiger charge is -2.15. The molecule has 0 bridgehead atoms.